The zero-order valence-electron chi connectivity index (χ0n) is 15.3. The van der Waals surface area contributed by atoms with Crippen molar-refractivity contribution in [2.75, 3.05) is 0 Å². The zero-order valence-corrected chi connectivity index (χ0v) is 16.1. The molecule has 3 N–H and O–H groups in total. The second-order valence-electron chi connectivity index (χ2n) is 6.33. The summed E-state index contributed by atoms with van der Waals surface area (Å²) < 4.78 is 5.28. The third-order valence-corrected chi connectivity index (χ3v) is 4.14. The van der Waals surface area contributed by atoms with E-state index in [2.05, 4.69) is 15.5 Å². The number of benzene rings is 2. The van der Waals surface area contributed by atoms with Crippen LogP contribution in [-0.4, -0.2) is 16.0 Å². The minimum atomic E-state index is -0.746. The van der Waals surface area contributed by atoms with Crippen molar-refractivity contribution in [1.29, 1.82) is 0 Å². The Hall–Kier alpha value is -2.70. The first kappa shape index (κ1) is 20.6. The summed E-state index contributed by atoms with van der Waals surface area (Å²) >= 11 is 0. The number of aromatic nitrogens is 2. The molecule has 0 saturated carbocycles. The van der Waals surface area contributed by atoms with Crippen LogP contribution in [0.4, 0.5) is 0 Å². The van der Waals surface area contributed by atoms with E-state index in [0.29, 0.717) is 18.1 Å². The Labute approximate surface area is 164 Å². The topological polar surface area (TPSA) is 94.0 Å². The molecule has 1 amide bonds. The van der Waals surface area contributed by atoms with Crippen LogP contribution < -0.4 is 11.1 Å². The van der Waals surface area contributed by atoms with Crippen molar-refractivity contribution >= 4 is 18.3 Å². The number of hydrogen-bond acceptors (Lipinski definition) is 5. The molecule has 0 aliphatic rings. The lowest BCUT2D eigenvalue weighted by Gasteiger charge is -2.15. The first-order valence-corrected chi connectivity index (χ1v) is 8.52. The summed E-state index contributed by atoms with van der Waals surface area (Å²) in [4.78, 5) is 16.8. The molecule has 0 saturated heterocycles. The number of nitrogens with zero attached hydrogens (tertiary/aromatic N) is 2. The van der Waals surface area contributed by atoms with E-state index in [1.807, 2.05) is 61.5 Å². The standard InChI is InChI=1S/C20H22N4O2.ClH/c1-13-8-10-16(11-9-13)18(21)19(25)22-14(2)20-23-17(24-26-20)12-15-6-4-3-5-7-15;/h3-11,14,18H,12,21H2,1-2H3,(H,22,25);1H. The number of aryl methyl sites for hydroxylation is 1. The monoisotopic (exact) mass is 386 g/mol. The number of hydrogen-bond donors (Lipinski definition) is 2. The molecule has 0 aliphatic heterocycles. The zero-order chi connectivity index (χ0) is 18.5. The molecule has 1 heterocycles. The van der Waals surface area contributed by atoms with Crippen molar-refractivity contribution in [2.45, 2.75) is 32.4 Å². The van der Waals surface area contributed by atoms with Crippen LogP contribution in [0.5, 0.6) is 0 Å². The molecule has 142 valence electrons. The maximum atomic E-state index is 12.4. The highest BCUT2D eigenvalue weighted by atomic mass is 35.5. The van der Waals surface area contributed by atoms with Gasteiger partial charge in [-0.3, -0.25) is 4.79 Å². The highest BCUT2D eigenvalue weighted by molar-refractivity contribution is 5.85. The number of rotatable bonds is 6. The number of amides is 1. The minimum Gasteiger partial charge on any atom is -0.343 e. The maximum absolute atomic E-state index is 12.4. The van der Waals surface area contributed by atoms with E-state index in [1.54, 1.807) is 6.92 Å². The van der Waals surface area contributed by atoms with Crippen LogP contribution in [0.25, 0.3) is 0 Å². The summed E-state index contributed by atoms with van der Waals surface area (Å²) in [7, 11) is 0. The third kappa shape index (κ3) is 5.39. The highest BCUT2D eigenvalue weighted by Crippen LogP contribution is 2.16. The first-order chi connectivity index (χ1) is 12.5. The lowest BCUT2D eigenvalue weighted by molar-refractivity contribution is -0.123. The average Bonchev–Trinajstić information content (AvgIpc) is 3.11. The SMILES string of the molecule is Cc1ccc(C(N)C(=O)NC(C)c2nc(Cc3ccccc3)no2)cc1.Cl. The van der Waals surface area contributed by atoms with Gasteiger partial charge in [-0.15, -0.1) is 12.4 Å². The molecule has 2 unspecified atom stereocenters. The van der Waals surface area contributed by atoms with Crippen molar-refractivity contribution in [2.24, 2.45) is 5.73 Å². The van der Waals surface area contributed by atoms with Crippen LogP contribution in [-0.2, 0) is 11.2 Å². The molecule has 3 aromatic rings. The van der Waals surface area contributed by atoms with E-state index in [0.717, 1.165) is 16.7 Å². The fraction of sp³-hybridized carbons (Fsp3) is 0.250. The Bertz CT molecular complexity index is 865. The summed E-state index contributed by atoms with van der Waals surface area (Å²) in [6.45, 7) is 3.78. The van der Waals surface area contributed by atoms with Gasteiger partial charge >= 0.3 is 0 Å². The normalized spacial score (nSPS) is 12.7. The van der Waals surface area contributed by atoms with Gasteiger partial charge in [-0.25, -0.2) is 0 Å². The van der Waals surface area contributed by atoms with Crippen LogP contribution in [0.1, 0.15) is 47.4 Å². The smallest absolute Gasteiger partial charge is 0.248 e. The molecule has 2 aromatic carbocycles. The summed E-state index contributed by atoms with van der Waals surface area (Å²) in [5, 5.41) is 6.81. The van der Waals surface area contributed by atoms with Gasteiger partial charge in [-0.2, -0.15) is 4.98 Å². The predicted molar refractivity (Wildman–Crippen MR) is 105 cm³/mol. The molecule has 0 bridgehead atoms. The Morgan fingerprint density at radius 3 is 2.48 bits per heavy atom. The van der Waals surface area contributed by atoms with Gasteiger partial charge in [0.25, 0.3) is 0 Å². The number of nitrogens with two attached hydrogens (primary N) is 1. The van der Waals surface area contributed by atoms with E-state index >= 15 is 0 Å². The fourth-order valence-electron chi connectivity index (χ4n) is 2.58. The second-order valence-corrected chi connectivity index (χ2v) is 6.33. The Morgan fingerprint density at radius 2 is 1.81 bits per heavy atom. The number of halogens is 1. The molecule has 2 atom stereocenters. The van der Waals surface area contributed by atoms with Gasteiger partial charge < -0.3 is 15.6 Å². The summed E-state index contributed by atoms with van der Waals surface area (Å²) in [5.74, 6) is 0.652. The Morgan fingerprint density at radius 1 is 1.15 bits per heavy atom. The maximum Gasteiger partial charge on any atom is 0.248 e. The Balaban J connectivity index is 0.00000261. The van der Waals surface area contributed by atoms with Crippen LogP contribution in [0.2, 0.25) is 0 Å². The van der Waals surface area contributed by atoms with Crippen LogP contribution in [0.3, 0.4) is 0 Å². The molecule has 27 heavy (non-hydrogen) atoms. The van der Waals surface area contributed by atoms with E-state index in [-0.39, 0.29) is 18.3 Å². The molecule has 0 spiro atoms. The number of carbonyl (C=O) groups is 1. The van der Waals surface area contributed by atoms with Crippen LogP contribution >= 0.6 is 12.4 Å². The van der Waals surface area contributed by atoms with Gasteiger partial charge in [0.05, 0.1) is 0 Å². The van der Waals surface area contributed by atoms with Gasteiger partial charge in [-0.05, 0) is 25.0 Å². The molecular weight excluding hydrogens is 364 g/mol. The molecule has 0 fully saturated rings. The lowest BCUT2D eigenvalue weighted by Crippen LogP contribution is -2.35. The van der Waals surface area contributed by atoms with Crippen molar-refractivity contribution in [3.8, 4) is 0 Å². The van der Waals surface area contributed by atoms with Crippen LogP contribution in [0, 0.1) is 6.92 Å². The van der Waals surface area contributed by atoms with Gasteiger partial charge in [-0.1, -0.05) is 65.3 Å². The van der Waals surface area contributed by atoms with Gasteiger partial charge in [0.2, 0.25) is 11.8 Å². The van der Waals surface area contributed by atoms with Gasteiger partial charge in [0, 0.05) is 6.42 Å². The summed E-state index contributed by atoms with van der Waals surface area (Å²) in [6, 6.07) is 16.3. The molecular formula is C20H23ClN4O2. The molecule has 3 rings (SSSR count). The quantitative estimate of drug-likeness (QED) is 0.678. The number of carbonyl (C=O) groups excluding carboxylic acids is 1. The largest absolute Gasteiger partial charge is 0.343 e. The average molecular weight is 387 g/mol. The number of nitrogens with one attached hydrogen (secondary N) is 1. The van der Waals surface area contributed by atoms with Crippen molar-refractivity contribution in [1.82, 2.24) is 15.5 Å². The van der Waals surface area contributed by atoms with Gasteiger partial charge in [0.15, 0.2) is 5.82 Å². The summed E-state index contributed by atoms with van der Waals surface area (Å²) in [6.07, 6.45) is 0.577. The van der Waals surface area contributed by atoms with Crippen molar-refractivity contribution < 1.29 is 9.32 Å². The highest BCUT2D eigenvalue weighted by Gasteiger charge is 2.21. The molecule has 0 radical (unpaired) electrons. The first-order valence-electron chi connectivity index (χ1n) is 8.52. The fourth-order valence-corrected chi connectivity index (χ4v) is 2.58. The third-order valence-electron chi connectivity index (χ3n) is 4.14. The van der Waals surface area contributed by atoms with E-state index < -0.39 is 12.1 Å². The second kappa shape index (κ2) is 9.30. The van der Waals surface area contributed by atoms with Crippen molar-refractivity contribution in [3.63, 3.8) is 0 Å². The predicted octanol–water partition coefficient (Wildman–Crippen LogP) is 3.27. The Kier molecular flexibility index (Phi) is 7.10. The summed E-state index contributed by atoms with van der Waals surface area (Å²) in [5.41, 5.74) is 9.02. The van der Waals surface area contributed by atoms with E-state index in [4.69, 9.17) is 10.3 Å². The molecule has 6 nitrogen and oxygen atoms in total. The van der Waals surface area contributed by atoms with E-state index in [9.17, 15) is 4.79 Å². The molecule has 7 heteroatoms. The minimum absolute atomic E-state index is 0. The van der Waals surface area contributed by atoms with Crippen LogP contribution in [0.15, 0.2) is 59.1 Å². The van der Waals surface area contributed by atoms with E-state index in [1.165, 1.54) is 0 Å². The molecule has 0 aliphatic carbocycles. The molecule has 1 aromatic heterocycles. The van der Waals surface area contributed by atoms with Gasteiger partial charge in [0.1, 0.15) is 12.1 Å². The lowest BCUT2D eigenvalue weighted by atomic mass is 10.1. The van der Waals surface area contributed by atoms with Crippen molar-refractivity contribution in [3.05, 3.63) is 83.0 Å².